The smallest absolute Gasteiger partial charge is 0.243 e. The van der Waals surface area contributed by atoms with Crippen molar-refractivity contribution in [2.24, 2.45) is 0 Å². The molecule has 178 valence electrons. The van der Waals surface area contributed by atoms with Gasteiger partial charge in [0.25, 0.3) is 0 Å². The highest BCUT2D eigenvalue weighted by Crippen LogP contribution is 2.34. The number of aryl methyl sites for hydroxylation is 1. The van der Waals surface area contributed by atoms with Gasteiger partial charge in [-0.2, -0.15) is 9.29 Å². The Bertz CT molecular complexity index is 1290. The van der Waals surface area contributed by atoms with E-state index in [4.69, 9.17) is 14.7 Å². The van der Waals surface area contributed by atoms with Gasteiger partial charge >= 0.3 is 0 Å². The monoisotopic (exact) mass is 482 g/mol. The summed E-state index contributed by atoms with van der Waals surface area (Å²) in [5, 5.41) is 0. The van der Waals surface area contributed by atoms with Gasteiger partial charge in [0.2, 0.25) is 21.9 Å². The molecule has 2 aliphatic heterocycles. The molecule has 3 heterocycles. The minimum Gasteiger partial charge on any atom is -0.438 e. The minimum atomic E-state index is -3.69. The predicted molar refractivity (Wildman–Crippen MR) is 127 cm³/mol. The number of rotatable bonds is 5. The third kappa shape index (κ3) is 4.63. The molecular formula is C25H27FN4O3S. The standard InChI is InChI=1S/C25H27FN4O3S/c1-18-6-5-7-21(16-18)34(31,32)30-15-12-23-22(17-30)24(33-20-10-8-19(26)9-11-20)28-25(27-23)29-13-3-2-4-14-29/h5-11,16H,2-4,12-15,17H2,1H3. The molecule has 0 saturated carbocycles. The van der Waals surface area contributed by atoms with Crippen LogP contribution in [0.2, 0.25) is 0 Å². The zero-order valence-electron chi connectivity index (χ0n) is 19.1. The van der Waals surface area contributed by atoms with Crippen LogP contribution in [0.3, 0.4) is 0 Å². The van der Waals surface area contributed by atoms with Crippen LogP contribution in [-0.4, -0.2) is 42.3 Å². The number of hydrogen-bond acceptors (Lipinski definition) is 6. The van der Waals surface area contributed by atoms with Crippen molar-refractivity contribution in [3.05, 3.63) is 71.2 Å². The van der Waals surface area contributed by atoms with Crippen LogP contribution in [0.5, 0.6) is 11.6 Å². The van der Waals surface area contributed by atoms with E-state index in [1.165, 1.54) is 35.0 Å². The first-order valence-electron chi connectivity index (χ1n) is 11.6. The zero-order chi connectivity index (χ0) is 23.7. The van der Waals surface area contributed by atoms with E-state index in [2.05, 4.69) is 4.90 Å². The van der Waals surface area contributed by atoms with E-state index in [-0.39, 0.29) is 17.3 Å². The molecule has 7 nitrogen and oxygen atoms in total. The second kappa shape index (κ2) is 9.31. The van der Waals surface area contributed by atoms with Crippen molar-refractivity contribution >= 4 is 16.0 Å². The van der Waals surface area contributed by atoms with E-state index in [1.54, 1.807) is 18.2 Å². The SMILES string of the molecule is Cc1cccc(S(=O)(=O)N2CCc3nc(N4CCCCC4)nc(Oc4ccc(F)cc4)c3C2)c1. The molecule has 2 aromatic carbocycles. The molecule has 1 saturated heterocycles. The molecule has 3 aromatic rings. The Morgan fingerprint density at radius 2 is 1.74 bits per heavy atom. The highest BCUT2D eigenvalue weighted by atomic mass is 32.2. The van der Waals surface area contributed by atoms with Crippen LogP contribution in [0.1, 0.15) is 36.1 Å². The molecule has 0 spiro atoms. The molecule has 0 bridgehead atoms. The summed E-state index contributed by atoms with van der Waals surface area (Å²) in [7, 11) is -3.69. The van der Waals surface area contributed by atoms with Crippen LogP contribution in [-0.2, 0) is 23.0 Å². The molecule has 5 rings (SSSR count). The molecule has 0 radical (unpaired) electrons. The van der Waals surface area contributed by atoms with Crippen molar-refractivity contribution in [3.8, 4) is 11.6 Å². The molecule has 0 amide bonds. The lowest BCUT2D eigenvalue weighted by molar-refractivity contribution is 0.368. The number of sulfonamides is 1. The van der Waals surface area contributed by atoms with Crippen molar-refractivity contribution in [3.63, 3.8) is 0 Å². The van der Waals surface area contributed by atoms with E-state index in [9.17, 15) is 12.8 Å². The second-order valence-electron chi connectivity index (χ2n) is 8.76. The summed E-state index contributed by atoms with van der Waals surface area (Å²) in [5.74, 6) is 0.999. The maximum atomic E-state index is 13.4. The van der Waals surface area contributed by atoms with Gasteiger partial charge in [-0.1, -0.05) is 12.1 Å². The fourth-order valence-electron chi connectivity index (χ4n) is 4.41. The molecule has 9 heteroatoms. The number of piperidine rings is 1. The van der Waals surface area contributed by atoms with Crippen LogP contribution in [0.4, 0.5) is 10.3 Å². The van der Waals surface area contributed by atoms with Gasteiger partial charge in [-0.05, 0) is 68.1 Å². The fraction of sp³-hybridized carbons (Fsp3) is 0.360. The fourth-order valence-corrected chi connectivity index (χ4v) is 5.92. The van der Waals surface area contributed by atoms with Gasteiger partial charge in [0.05, 0.1) is 16.2 Å². The van der Waals surface area contributed by atoms with Gasteiger partial charge in [-0.25, -0.2) is 17.8 Å². The van der Waals surface area contributed by atoms with Crippen molar-refractivity contribution in [2.45, 2.75) is 44.0 Å². The van der Waals surface area contributed by atoms with E-state index in [1.807, 2.05) is 13.0 Å². The summed E-state index contributed by atoms with van der Waals surface area (Å²) in [4.78, 5) is 11.9. The third-order valence-electron chi connectivity index (χ3n) is 6.27. The Labute approximate surface area is 199 Å². The summed E-state index contributed by atoms with van der Waals surface area (Å²) in [6.45, 7) is 4.07. The summed E-state index contributed by atoms with van der Waals surface area (Å²) >= 11 is 0. The number of fused-ring (bicyclic) bond motifs is 1. The molecule has 0 atom stereocenters. The average Bonchev–Trinajstić information content (AvgIpc) is 2.85. The highest BCUT2D eigenvalue weighted by Gasteiger charge is 2.32. The summed E-state index contributed by atoms with van der Waals surface area (Å²) in [5.41, 5.74) is 2.32. The largest absolute Gasteiger partial charge is 0.438 e. The predicted octanol–water partition coefficient (Wildman–Crippen LogP) is 4.45. The van der Waals surface area contributed by atoms with Crippen LogP contribution in [0, 0.1) is 12.7 Å². The lowest BCUT2D eigenvalue weighted by atomic mass is 10.1. The number of nitrogens with zero attached hydrogens (tertiary/aromatic N) is 4. The van der Waals surface area contributed by atoms with Gasteiger partial charge < -0.3 is 9.64 Å². The maximum Gasteiger partial charge on any atom is 0.243 e. The van der Waals surface area contributed by atoms with Gasteiger partial charge in [0, 0.05) is 32.6 Å². The molecule has 2 aliphatic rings. The Morgan fingerprint density at radius 1 is 0.971 bits per heavy atom. The molecule has 34 heavy (non-hydrogen) atoms. The Balaban J connectivity index is 1.52. The van der Waals surface area contributed by atoms with E-state index in [0.29, 0.717) is 36.1 Å². The average molecular weight is 483 g/mol. The number of anilines is 1. The first-order chi connectivity index (χ1) is 16.4. The maximum absolute atomic E-state index is 13.4. The number of ether oxygens (including phenoxy) is 1. The minimum absolute atomic E-state index is 0.114. The molecule has 0 unspecified atom stereocenters. The van der Waals surface area contributed by atoms with Crippen LogP contribution in [0.25, 0.3) is 0 Å². The van der Waals surface area contributed by atoms with Crippen molar-refractivity contribution in [1.29, 1.82) is 0 Å². The van der Waals surface area contributed by atoms with Gasteiger partial charge in [0.15, 0.2) is 0 Å². The number of benzene rings is 2. The zero-order valence-corrected chi connectivity index (χ0v) is 19.9. The topological polar surface area (TPSA) is 75.6 Å². The number of aromatic nitrogens is 2. The van der Waals surface area contributed by atoms with E-state index in [0.717, 1.165) is 37.2 Å². The van der Waals surface area contributed by atoms with Crippen molar-refractivity contribution in [2.75, 3.05) is 24.5 Å². The molecular weight excluding hydrogens is 455 g/mol. The van der Waals surface area contributed by atoms with Crippen molar-refractivity contribution in [1.82, 2.24) is 14.3 Å². The lowest BCUT2D eigenvalue weighted by Crippen LogP contribution is -2.37. The Hall–Kier alpha value is -3.04. The van der Waals surface area contributed by atoms with E-state index < -0.39 is 10.0 Å². The van der Waals surface area contributed by atoms with Gasteiger partial charge in [-0.15, -0.1) is 0 Å². The second-order valence-corrected chi connectivity index (χ2v) is 10.7. The van der Waals surface area contributed by atoms with Gasteiger partial charge in [-0.3, -0.25) is 0 Å². The molecule has 1 aromatic heterocycles. The first kappa shape index (κ1) is 22.7. The molecule has 0 N–H and O–H groups in total. The van der Waals surface area contributed by atoms with Gasteiger partial charge in [0.1, 0.15) is 11.6 Å². The summed E-state index contributed by atoms with van der Waals surface area (Å²) < 4.78 is 47.7. The Morgan fingerprint density at radius 3 is 2.47 bits per heavy atom. The van der Waals surface area contributed by atoms with Crippen LogP contribution < -0.4 is 9.64 Å². The van der Waals surface area contributed by atoms with Crippen LogP contribution >= 0.6 is 0 Å². The normalized spacial score (nSPS) is 16.8. The molecule has 0 aliphatic carbocycles. The highest BCUT2D eigenvalue weighted by molar-refractivity contribution is 7.89. The quantitative estimate of drug-likeness (QED) is 0.535. The summed E-state index contributed by atoms with van der Waals surface area (Å²) in [6.07, 6.45) is 3.81. The third-order valence-corrected chi connectivity index (χ3v) is 8.11. The number of halogens is 1. The van der Waals surface area contributed by atoms with E-state index >= 15 is 0 Å². The molecule has 1 fully saturated rings. The Kier molecular flexibility index (Phi) is 6.22. The lowest BCUT2D eigenvalue weighted by Gasteiger charge is -2.31. The number of hydrogen-bond donors (Lipinski definition) is 0. The first-order valence-corrected chi connectivity index (χ1v) is 13.0. The van der Waals surface area contributed by atoms with Crippen molar-refractivity contribution < 1.29 is 17.5 Å². The van der Waals surface area contributed by atoms with Crippen LogP contribution in [0.15, 0.2) is 53.4 Å². The summed E-state index contributed by atoms with van der Waals surface area (Å²) in [6, 6.07) is 12.6.